The lowest BCUT2D eigenvalue weighted by Crippen LogP contribution is -3.27. The number of benzene rings is 1. The number of phenolic OH excluding ortho intramolecular Hbond substituents is 1. The van der Waals surface area contributed by atoms with Gasteiger partial charge in [-0.2, -0.15) is 0 Å². The summed E-state index contributed by atoms with van der Waals surface area (Å²) in [5.41, 5.74) is 1.70. The monoisotopic (exact) mass is 341 g/mol. The molecule has 0 aliphatic carbocycles. The SMILES string of the molecule is C[NH+]1CC[NH+]([C@@H](c2cccs2)c2ccc3cccnc3c2O)CC1. The Bertz CT molecular complexity index is 826. The number of hydrogen-bond donors (Lipinski definition) is 3. The third kappa shape index (κ3) is 2.79. The number of quaternary nitrogens is 2. The smallest absolute Gasteiger partial charge is 0.152 e. The molecule has 1 atom stereocenters. The summed E-state index contributed by atoms with van der Waals surface area (Å²) in [7, 11) is 2.26. The molecule has 2 aromatic heterocycles. The first-order valence-corrected chi connectivity index (χ1v) is 9.38. The lowest BCUT2D eigenvalue weighted by atomic mass is 9.99. The summed E-state index contributed by atoms with van der Waals surface area (Å²) >= 11 is 1.78. The first-order chi connectivity index (χ1) is 11.7. The molecule has 0 bridgehead atoms. The molecule has 0 saturated carbocycles. The third-order valence-corrected chi connectivity index (χ3v) is 6.01. The van der Waals surface area contributed by atoms with Gasteiger partial charge in [0.1, 0.15) is 31.7 Å². The fourth-order valence-corrected chi connectivity index (χ4v) is 4.60. The van der Waals surface area contributed by atoms with Gasteiger partial charge in [0, 0.05) is 11.6 Å². The van der Waals surface area contributed by atoms with Crippen LogP contribution in [-0.2, 0) is 0 Å². The summed E-state index contributed by atoms with van der Waals surface area (Å²) in [6, 6.07) is 12.6. The van der Waals surface area contributed by atoms with E-state index >= 15 is 0 Å². The molecule has 4 rings (SSSR count). The van der Waals surface area contributed by atoms with E-state index in [1.807, 2.05) is 12.1 Å². The van der Waals surface area contributed by atoms with Crippen LogP contribution in [0.4, 0.5) is 0 Å². The first kappa shape index (κ1) is 15.6. The van der Waals surface area contributed by atoms with E-state index in [0.717, 1.165) is 24.0 Å². The van der Waals surface area contributed by atoms with Crippen molar-refractivity contribution in [2.45, 2.75) is 6.04 Å². The lowest BCUT2D eigenvalue weighted by molar-refractivity contribution is -1.02. The fraction of sp³-hybridized carbons (Fsp3) is 0.316. The number of aromatic nitrogens is 1. The maximum absolute atomic E-state index is 10.9. The molecule has 1 fully saturated rings. The van der Waals surface area contributed by atoms with Crippen molar-refractivity contribution in [2.75, 3.05) is 33.2 Å². The van der Waals surface area contributed by atoms with E-state index in [-0.39, 0.29) is 6.04 Å². The van der Waals surface area contributed by atoms with Crippen molar-refractivity contribution in [2.24, 2.45) is 0 Å². The molecule has 3 aromatic rings. The van der Waals surface area contributed by atoms with Gasteiger partial charge in [0.05, 0.1) is 17.5 Å². The van der Waals surface area contributed by atoms with Gasteiger partial charge in [-0.05, 0) is 23.6 Å². The number of rotatable bonds is 3. The van der Waals surface area contributed by atoms with Gasteiger partial charge in [-0.1, -0.05) is 18.2 Å². The Morgan fingerprint density at radius 3 is 2.67 bits per heavy atom. The Kier molecular flexibility index (Phi) is 4.22. The molecular formula is C19H23N3OS+2. The van der Waals surface area contributed by atoms with Crippen LogP contribution >= 0.6 is 11.3 Å². The van der Waals surface area contributed by atoms with Gasteiger partial charge in [-0.25, -0.2) is 0 Å². The van der Waals surface area contributed by atoms with Gasteiger partial charge in [0.2, 0.25) is 0 Å². The van der Waals surface area contributed by atoms with E-state index < -0.39 is 0 Å². The zero-order valence-electron chi connectivity index (χ0n) is 13.8. The molecule has 24 heavy (non-hydrogen) atoms. The highest BCUT2D eigenvalue weighted by Gasteiger charge is 2.33. The maximum atomic E-state index is 10.9. The number of nitrogens with one attached hydrogen (secondary N) is 2. The van der Waals surface area contributed by atoms with Crippen molar-refractivity contribution in [3.63, 3.8) is 0 Å². The van der Waals surface area contributed by atoms with E-state index in [0.29, 0.717) is 11.3 Å². The van der Waals surface area contributed by atoms with Gasteiger partial charge < -0.3 is 14.9 Å². The second kappa shape index (κ2) is 6.51. The molecular weight excluding hydrogens is 318 g/mol. The van der Waals surface area contributed by atoms with Gasteiger partial charge in [-0.3, -0.25) is 4.98 Å². The Morgan fingerprint density at radius 1 is 1.08 bits per heavy atom. The minimum absolute atomic E-state index is 0.185. The van der Waals surface area contributed by atoms with Crippen LogP contribution in [0.3, 0.4) is 0 Å². The van der Waals surface area contributed by atoms with Gasteiger partial charge in [-0.15, -0.1) is 11.3 Å². The minimum Gasteiger partial charge on any atom is -0.505 e. The molecule has 4 nitrogen and oxygen atoms in total. The van der Waals surface area contributed by atoms with E-state index in [1.54, 1.807) is 22.4 Å². The van der Waals surface area contributed by atoms with Gasteiger partial charge in [0.25, 0.3) is 0 Å². The first-order valence-electron chi connectivity index (χ1n) is 8.50. The number of likely N-dealkylation sites (N-methyl/N-ethyl adjacent to an activating group) is 1. The Balaban J connectivity index is 1.80. The lowest BCUT2D eigenvalue weighted by Gasteiger charge is -2.33. The summed E-state index contributed by atoms with van der Waals surface area (Å²) in [6.45, 7) is 4.58. The highest BCUT2D eigenvalue weighted by Crippen LogP contribution is 2.34. The van der Waals surface area contributed by atoms with Crippen LogP contribution in [-0.4, -0.2) is 43.3 Å². The molecule has 1 aliphatic heterocycles. The second-order valence-electron chi connectivity index (χ2n) is 6.64. The largest absolute Gasteiger partial charge is 0.505 e. The Hall–Kier alpha value is -1.95. The van der Waals surface area contributed by atoms with Crippen LogP contribution in [0, 0.1) is 0 Å². The number of piperazine rings is 1. The van der Waals surface area contributed by atoms with Crippen LogP contribution in [0.25, 0.3) is 10.9 Å². The number of phenols is 1. The number of nitrogens with zero attached hydrogens (tertiary/aromatic N) is 1. The van der Waals surface area contributed by atoms with Crippen molar-refractivity contribution >= 4 is 22.2 Å². The number of aromatic hydroxyl groups is 1. The summed E-state index contributed by atoms with van der Waals surface area (Å²) in [6.07, 6.45) is 1.75. The molecule has 5 heteroatoms. The number of hydrogen-bond acceptors (Lipinski definition) is 3. The van der Waals surface area contributed by atoms with E-state index in [1.165, 1.54) is 22.9 Å². The minimum atomic E-state index is 0.185. The predicted octanol–water partition coefficient (Wildman–Crippen LogP) is 0.505. The molecule has 0 unspecified atom stereocenters. The van der Waals surface area contributed by atoms with Crippen molar-refractivity contribution in [1.82, 2.24) is 4.98 Å². The van der Waals surface area contributed by atoms with Crippen LogP contribution in [0.5, 0.6) is 5.75 Å². The number of pyridine rings is 1. The van der Waals surface area contributed by atoms with Crippen LogP contribution < -0.4 is 9.80 Å². The third-order valence-electron chi connectivity index (χ3n) is 5.07. The van der Waals surface area contributed by atoms with Crippen LogP contribution in [0.2, 0.25) is 0 Å². The highest BCUT2D eigenvalue weighted by atomic mass is 32.1. The zero-order valence-corrected chi connectivity index (χ0v) is 14.6. The molecule has 1 aliphatic rings. The molecule has 0 amide bonds. The number of fused-ring (bicyclic) bond motifs is 1. The maximum Gasteiger partial charge on any atom is 0.152 e. The normalized spacial score (nSPS) is 22.5. The molecule has 1 saturated heterocycles. The fourth-order valence-electron chi connectivity index (χ4n) is 3.69. The average molecular weight is 341 g/mol. The Morgan fingerprint density at radius 2 is 1.92 bits per heavy atom. The quantitative estimate of drug-likeness (QED) is 0.650. The van der Waals surface area contributed by atoms with Gasteiger partial charge >= 0.3 is 0 Å². The predicted molar refractivity (Wildman–Crippen MR) is 96.9 cm³/mol. The standard InChI is InChI=1S/C19H21N3OS/c1-21-9-11-22(12-10-21)18(16-5-3-13-24-16)15-7-6-14-4-2-8-20-17(14)19(15)23/h2-8,13,18,23H,9-12H2,1H3/p+2/t18-/m1/s1. The topological polar surface area (TPSA) is 42.0 Å². The summed E-state index contributed by atoms with van der Waals surface area (Å²) < 4.78 is 0. The van der Waals surface area contributed by atoms with Crippen LogP contribution in [0.15, 0.2) is 48.0 Å². The molecule has 124 valence electrons. The Labute approximate surface area is 146 Å². The number of thiophene rings is 1. The summed E-state index contributed by atoms with van der Waals surface area (Å²) in [5.74, 6) is 0.338. The van der Waals surface area contributed by atoms with E-state index in [9.17, 15) is 5.11 Å². The van der Waals surface area contributed by atoms with E-state index in [2.05, 4.69) is 41.7 Å². The van der Waals surface area contributed by atoms with Crippen molar-refractivity contribution in [1.29, 1.82) is 0 Å². The molecule has 0 radical (unpaired) electrons. The molecule has 3 heterocycles. The van der Waals surface area contributed by atoms with Crippen molar-refractivity contribution < 1.29 is 14.9 Å². The molecule has 0 spiro atoms. The zero-order chi connectivity index (χ0) is 16.5. The second-order valence-corrected chi connectivity index (χ2v) is 7.62. The molecule has 1 aromatic carbocycles. The summed E-state index contributed by atoms with van der Waals surface area (Å²) in [4.78, 5) is 8.84. The van der Waals surface area contributed by atoms with Crippen molar-refractivity contribution in [3.05, 3.63) is 58.4 Å². The van der Waals surface area contributed by atoms with E-state index in [4.69, 9.17) is 0 Å². The van der Waals surface area contributed by atoms with Crippen LogP contribution in [0.1, 0.15) is 16.5 Å². The highest BCUT2D eigenvalue weighted by molar-refractivity contribution is 7.10. The average Bonchev–Trinajstić information content (AvgIpc) is 3.13. The van der Waals surface area contributed by atoms with Gasteiger partial charge in [0.15, 0.2) is 11.8 Å². The summed E-state index contributed by atoms with van der Waals surface area (Å²) in [5, 5.41) is 14.0. The molecule has 3 N–H and O–H groups in total. The van der Waals surface area contributed by atoms with Crippen molar-refractivity contribution in [3.8, 4) is 5.75 Å².